The van der Waals surface area contributed by atoms with E-state index in [1.54, 1.807) is 0 Å². The highest BCUT2D eigenvalue weighted by molar-refractivity contribution is 5.91. The van der Waals surface area contributed by atoms with Crippen LogP contribution < -0.4 is 5.32 Å². The summed E-state index contributed by atoms with van der Waals surface area (Å²) in [5.74, 6) is 3.73. The lowest BCUT2D eigenvalue weighted by molar-refractivity contribution is -0.116. The summed E-state index contributed by atoms with van der Waals surface area (Å²) in [6.07, 6.45) is 12.3. The summed E-state index contributed by atoms with van der Waals surface area (Å²) in [5, 5.41) is 3.80. The highest BCUT2D eigenvalue weighted by atomic mass is 16.5. The predicted octanol–water partition coefficient (Wildman–Crippen LogP) is 5.07. The third-order valence-corrected chi connectivity index (χ3v) is 9.65. The Morgan fingerprint density at radius 3 is 2.77 bits per heavy atom. The largest absolute Gasteiger partial charge is 0.476 e. The van der Waals surface area contributed by atoms with Gasteiger partial charge < -0.3 is 10.1 Å². The Morgan fingerprint density at radius 1 is 1.13 bits per heavy atom. The zero-order valence-electron chi connectivity index (χ0n) is 19.4. The van der Waals surface area contributed by atoms with Gasteiger partial charge in [0.05, 0.1) is 5.54 Å². The first kappa shape index (κ1) is 20.7. The van der Waals surface area contributed by atoms with E-state index in [1.807, 2.05) is 6.08 Å². The van der Waals surface area contributed by atoms with E-state index in [-0.39, 0.29) is 17.1 Å². The summed E-state index contributed by atoms with van der Waals surface area (Å²) in [7, 11) is 0. The molecule has 1 N–H and O–H groups in total. The van der Waals surface area contributed by atoms with Crippen molar-refractivity contribution < 1.29 is 9.53 Å². The number of aliphatic imine (C=N–C) groups is 1. The molecule has 1 spiro atoms. The molecule has 0 aromatic carbocycles. The van der Waals surface area contributed by atoms with Crippen molar-refractivity contribution in [3.63, 3.8) is 0 Å². The van der Waals surface area contributed by atoms with E-state index < -0.39 is 0 Å². The molecular formula is C26H40N2O2. The van der Waals surface area contributed by atoms with Crippen LogP contribution in [0.5, 0.6) is 0 Å². The van der Waals surface area contributed by atoms with Gasteiger partial charge in [-0.05, 0) is 93.1 Å². The molecule has 1 saturated heterocycles. The Bertz CT molecular complexity index is 773. The number of carbonyl (C=O) groups excluding carboxylic acids is 1. The molecule has 30 heavy (non-hydrogen) atoms. The highest BCUT2D eigenvalue weighted by Gasteiger charge is 2.60. The third-order valence-electron chi connectivity index (χ3n) is 9.65. The molecule has 3 aliphatic carbocycles. The molecule has 0 unspecified atom stereocenters. The van der Waals surface area contributed by atoms with Crippen molar-refractivity contribution in [1.29, 1.82) is 0 Å². The molecule has 0 amide bonds. The summed E-state index contributed by atoms with van der Waals surface area (Å²) in [4.78, 5) is 17.6. The fraction of sp³-hybridized carbons (Fsp3) is 0.846. The number of nitrogens with one attached hydrogen (secondary N) is 1. The van der Waals surface area contributed by atoms with Crippen LogP contribution in [0.15, 0.2) is 16.6 Å². The molecule has 8 atom stereocenters. The maximum atomic E-state index is 12.1. The first-order valence-electron chi connectivity index (χ1n) is 12.5. The molecule has 2 heterocycles. The number of ketones is 1. The Balaban J connectivity index is 1.52. The summed E-state index contributed by atoms with van der Waals surface area (Å²) in [6.45, 7) is 10.4. The Hall–Kier alpha value is -1.16. The van der Waals surface area contributed by atoms with Gasteiger partial charge in [0, 0.05) is 19.4 Å². The molecule has 2 saturated carbocycles. The number of carbonyl (C=O) groups is 1. The van der Waals surface area contributed by atoms with Crippen LogP contribution in [0.2, 0.25) is 0 Å². The van der Waals surface area contributed by atoms with Crippen LogP contribution in [0.3, 0.4) is 0 Å². The van der Waals surface area contributed by atoms with Crippen molar-refractivity contribution in [3.05, 3.63) is 11.6 Å². The van der Waals surface area contributed by atoms with Crippen molar-refractivity contribution in [1.82, 2.24) is 5.32 Å². The van der Waals surface area contributed by atoms with E-state index in [9.17, 15) is 4.79 Å². The predicted molar refractivity (Wildman–Crippen MR) is 121 cm³/mol. The fourth-order valence-corrected chi connectivity index (χ4v) is 8.05. The number of nitrogens with zero attached hydrogens (tertiary/aromatic N) is 1. The number of ether oxygens (including phenoxy) is 1. The molecule has 5 rings (SSSR count). The van der Waals surface area contributed by atoms with Crippen molar-refractivity contribution in [3.8, 4) is 0 Å². The standard InChI is InChI=1S/C26H40N2O2/c1-16-13-22-24(27-15-16)17(2)5-6-19-7-8-23-25(4)11-10-21(29)14-20(25)9-12-26(19,23)28-18(3)30-22/h14,16-17,19,22-24,27H,5-13,15H2,1-4H3/b28-18-/t16-,17-,19+,22+,23+,24-,25-,26+/m0/s1. The SMILES string of the molecule is C/C1=N/[C@@]23CCC4=CC(=O)CC[C@]4(C)[C@H]2CC[C@H]3CC[C@H](C)[C@@H]2NC[C@@H](C)C[C@H]2O1. The smallest absolute Gasteiger partial charge is 0.180 e. The summed E-state index contributed by atoms with van der Waals surface area (Å²) < 4.78 is 6.63. The van der Waals surface area contributed by atoms with Crippen molar-refractivity contribution >= 4 is 11.7 Å². The maximum Gasteiger partial charge on any atom is 0.180 e. The molecular weight excluding hydrogens is 372 g/mol. The molecule has 0 aromatic heterocycles. The number of piperidine rings is 1. The molecule has 5 aliphatic rings. The fourth-order valence-electron chi connectivity index (χ4n) is 8.05. The quantitative estimate of drug-likeness (QED) is 0.604. The van der Waals surface area contributed by atoms with E-state index in [2.05, 4.69) is 33.0 Å². The third kappa shape index (κ3) is 3.20. The molecule has 2 aliphatic heterocycles. The maximum absolute atomic E-state index is 12.1. The molecule has 0 radical (unpaired) electrons. The lowest BCUT2D eigenvalue weighted by atomic mass is 9.53. The van der Waals surface area contributed by atoms with E-state index in [0.29, 0.717) is 41.9 Å². The first-order valence-corrected chi connectivity index (χ1v) is 12.5. The van der Waals surface area contributed by atoms with Gasteiger partial charge in [-0.2, -0.15) is 0 Å². The number of rotatable bonds is 0. The lowest BCUT2D eigenvalue weighted by Crippen LogP contribution is -2.55. The minimum atomic E-state index is 0.0107. The minimum Gasteiger partial charge on any atom is -0.476 e. The van der Waals surface area contributed by atoms with E-state index in [1.165, 1.54) is 31.3 Å². The molecule has 4 nitrogen and oxygen atoms in total. The Morgan fingerprint density at radius 2 is 1.93 bits per heavy atom. The molecule has 166 valence electrons. The highest BCUT2D eigenvalue weighted by Crippen LogP contribution is 2.64. The van der Waals surface area contributed by atoms with Gasteiger partial charge in [-0.15, -0.1) is 0 Å². The summed E-state index contributed by atoms with van der Waals surface area (Å²) in [6, 6.07) is 0.445. The van der Waals surface area contributed by atoms with Gasteiger partial charge in [0.1, 0.15) is 6.10 Å². The van der Waals surface area contributed by atoms with Gasteiger partial charge in [-0.3, -0.25) is 4.79 Å². The van der Waals surface area contributed by atoms with Crippen LogP contribution in [0.1, 0.15) is 85.5 Å². The van der Waals surface area contributed by atoms with E-state index in [4.69, 9.17) is 9.73 Å². The average molecular weight is 413 g/mol. The van der Waals surface area contributed by atoms with Gasteiger partial charge >= 0.3 is 0 Å². The normalized spacial score (nSPS) is 50.6. The van der Waals surface area contributed by atoms with Gasteiger partial charge in [0.15, 0.2) is 11.7 Å². The number of hydrogen-bond acceptors (Lipinski definition) is 4. The topological polar surface area (TPSA) is 50.7 Å². The Labute approximate surface area is 182 Å². The number of hydrogen-bond donors (Lipinski definition) is 1. The van der Waals surface area contributed by atoms with Gasteiger partial charge in [-0.1, -0.05) is 26.3 Å². The number of allylic oxidation sites excluding steroid dienone is 2. The molecule has 0 aromatic rings. The number of fused-ring (bicyclic) bond motifs is 3. The second-order valence-corrected chi connectivity index (χ2v) is 11.5. The van der Waals surface area contributed by atoms with Crippen molar-refractivity contribution in [2.75, 3.05) is 6.54 Å². The molecule has 0 bridgehead atoms. The minimum absolute atomic E-state index is 0.0107. The van der Waals surface area contributed by atoms with Crippen LogP contribution in [0.25, 0.3) is 0 Å². The molecule has 3 fully saturated rings. The summed E-state index contributed by atoms with van der Waals surface area (Å²) >= 11 is 0. The second-order valence-electron chi connectivity index (χ2n) is 11.5. The first-order chi connectivity index (χ1) is 14.3. The van der Waals surface area contributed by atoms with Crippen molar-refractivity contribution in [2.45, 2.75) is 103 Å². The van der Waals surface area contributed by atoms with Crippen LogP contribution in [0, 0.1) is 29.1 Å². The van der Waals surface area contributed by atoms with Crippen LogP contribution in [-0.4, -0.2) is 35.9 Å². The zero-order valence-corrected chi connectivity index (χ0v) is 19.4. The summed E-state index contributed by atoms with van der Waals surface area (Å²) in [5.41, 5.74) is 1.57. The average Bonchev–Trinajstić information content (AvgIpc) is 3.06. The van der Waals surface area contributed by atoms with Gasteiger partial charge in [0.2, 0.25) is 0 Å². The van der Waals surface area contributed by atoms with E-state index in [0.717, 1.165) is 38.1 Å². The van der Waals surface area contributed by atoms with Crippen LogP contribution in [-0.2, 0) is 9.53 Å². The monoisotopic (exact) mass is 412 g/mol. The van der Waals surface area contributed by atoms with Gasteiger partial charge in [0.25, 0.3) is 0 Å². The van der Waals surface area contributed by atoms with E-state index >= 15 is 0 Å². The second kappa shape index (κ2) is 7.46. The Kier molecular flexibility index (Phi) is 5.16. The zero-order chi connectivity index (χ0) is 21.1. The van der Waals surface area contributed by atoms with Crippen molar-refractivity contribution in [2.24, 2.45) is 34.1 Å². The lowest BCUT2D eigenvalue weighted by Gasteiger charge is -2.53. The molecule has 4 heteroatoms. The van der Waals surface area contributed by atoms with Crippen LogP contribution >= 0.6 is 0 Å². The van der Waals surface area contributed by atoms with Gasteiger partial charge in [-0.25, -0.2) is 4.99 Å². The van der Waals surface area contributed by atoms with Crippen LogP contribution in [0.4, 0.5) is 0 Å².